The van der Waals surface area contributed by atoms with Crippen molar-refractivity contribution in [2.75, 3.05) is 11.4 Å². The Morgan fingerprint density at radius 2 is 2.08 bits per heavy atom. The van der Waals surface area contributed by atoms with Gasteiger partial charge in [0.2, 0.25) is 0 Å². The number of aryl methyl sites for hydroxylation is 1. The minimum Gasteiger partial charge on any atom is -0.350 e. The highest BCUT2D eigenvalue weighted by Crippen LogP contribution is 2.25. The third kappa shape index (κ3) is 2.94. The first-order chi connectivity index (χ1) is 12.2. The smallest absolute Gasteiger partial charge is 0.254 e. The van der Waals surface area contributed by atoms with E-state index >= 15 is 0 Å². The molecule has 4 heterocycles. The van der Waals surface area contributed by atoms with E-state index in [2.05, 4.69) is 51.8 Å². The second-order valence-electron chi connectivity index (χ2n) is 6.85. The Kier molecular flexibility index (Phi) is 4.07. The monoisotopic (exact) mass is 337 g/mol. The van der Waals surface area contributed by atoms with Crippen LogP contribution in [0.15, 0.2) is 18.6 Å². The summed E-state index contributed by atoms with van der Waals surface area (Å²) in [6.45, 7) is 8.10. The van der Waals surface area contributed by atoms with Crippen LogP contribution in [0.2, 0.25) is 0 Å². The van der Waals surface area contributed by atoms with Gasteiger partial charge in [-0.1, -0.05) is 27.2 Å². The summed E-state index contributed by atoms with van der Waals surface area (Å²) in [6.07, 6.45) is 6.51. The number of hydrogen-bond acceptors (Lipinski definition) is 6. The van der Waals surface area contributed by atoms with Crippen molar-refractivity contribution in [1.82, 2.24) is 29.5 Å². The fourth-order valence-corrected chi connectivity index (χ4v) is 3.25. The SMILES string of the molecule is CCCc1cc(N2CCc3cnc(C(C)C)nc3C2)n2ncnc2n1. The van der Waals surface area contributed by atoms with Crippen molar-refractivity contribution >= 4 is 11.6 Å². The van der Waals surface area contributed by atoms with E-state index in [1.165, 1.54) is 5.56 Å². The summed E-state index contributed by atoms with van der Waals surface area (Å²) >= 11 is 0. The predicted octanol–water partition coefficient (Wildman–Crippen LogP) is 2.55. The van der Waals surface area contributed by atoms with Gasteiger partial charge in [0.25, 0.3) is 5.78 Å². The lowest BCUT2D eigenvalue weighted by atomic mass is 10.1. The molecular weight excluding hydrogens is 314 g/mol. The fourth-order valence-electron chi connectivity index (χ4n) is 3.25. The summed E-state index contributed by atoms with van der Waals surface area (Å²) in [6, 6.07) is 2.14. The summed E-state index contributed by atoms with van der Waals surface area (Å²) in [5.41, 5.74) is 3.43. The average molecular weight is 337 g/mol. The van der Waals surface area contributed by atoms with E-state index in [0.29, 0.717) is 11.7 Å². The average Bonchev–Trinajstić information content (AvgIpc) is 3.09. The van der Waals surface area contributed by atoms with Gasteiger partial charge in [0.1, 0.15) is 18.0 Å². The van der Waals surface area contributed by atoms with E-state index in [0.717, 1.165) is 55.4 Å². The van der Waals surface area contributed by atoms with Gasteiger partial charge in [0.05, 0.1) is 12.2 Å². The molecule has 0 aliphatic carbocycles. The molecule has 0 fully saturated rings. The molecule has 0 bridgehead atoms. The number of rotatable bonds is 4. The molecular formula is C18H23N7. The van der Waals surface area contributed by atoms with Crippen LogP contribution in [0.4, 0.5) is 5.82 Å². The summed E-state index contributed by atoms with van der Waals surface area (Å²) in [5, 5.41) is 4.37. The molecule has 0 saturated heterocycles. The van der Waals surface area contributed by atoms with Crippen molar-refractivity contribution in [2.45, 2.75) is 52.5 Å². The summed E-state index contributed by atoms with van der Waals surface area (Å²) in [7, 11) is 0. The van der Waals surface area contributed by atoms with Gasteiger partial charge in [-0.3, -0.25) is 0 Å². The van der Waals surface area contributed by atoms with Crippen LogP contribution in [0.25, 0.3) is 5.78 Å². The molecule has 3 aromatic heterocycles. The second kappa shape index (κ2) is 6.38. The minimum absolute atomic E-state index is 0.333. The van der Waals surface area contributed by atoms with Crippen molar-refractivity contribution in [3.8, 4) is 0 Å². The molecule has 3 aromatic rings. The van der Waals surface area contributed by atoms with Gasteiger partial charge < -0.3 is 4.90 Å². The molecule has 0 atom stereocenters. The number of hydrogen-bond donors (Lipinski definition) is 0. The Hall–Kier alpha value is -2.57. The highest BCUT2D eigenvalue weighted by molar-refractivity contribution is 5.49. The van der Waals surface area contributed by atoms with E-state index in [1.54, 1.807) is 6.33 Å². The van der Waals surface area contributed by atoms with E-state index in [1.807, 2.05) is 10.7 Å². The van der Waals surface area contributed by atoms with Crippen LogP contribution >= 0.6 is 0 Å². The maximum Gasteiger partial charge on any atom is 0.254 e. The second-order valence-corrected chi connectivity index (χ2v) is 6.85. The standard InChI is InChI=1S/C18H23N7/c1-4-5-14-8-16(25-18(22-14)20-11-21-25)24-7-6-13-9-19-17(12(2)3)23-15(13)10-24/h8-9,11-12H,4-7,10H2,1-3H3. The Labute approximate surface area is 147 Å². The van der Waals surface area contributed by atoms with Gasteiger partial charge >= 0.3 is 0 Å². The van der Waals surface area contributed by atoms with Crippen molar-refractivity contribution in [2.24, 2.45) is 0 Å². The van der Waals surface area contributed by atoms with Gasteiger partial charge in [0, 0.05) is 30.4 Å². The molecule has 0 N–H and O–H groups in total. The lowest BCUT2D eigenvalue weighted by Gasteiger charge is -2.30. The Morgan fingerprint density at radius 3 is 2.88 bits per heavy atom. The quantitative estimate of drug-likeness (QED) is 0.728. The van der Waals surface area contributed by atoms with E-state index in [-0.39, 0.29) is 0 Å². The first-order valence-electron chi connectivity index (χ1n) is 8.95. The van der Waals surface area contributed by atoms with Crippen molar-refractivity contribution in [1.29, 1.82) is 0 Å². The maximum absolute atomic E-state index is 4.80. The van der Waals surface area contributed by atoms with Gasteiger partial charge in [-0.25, -0.2) is 15.0 Å². The first-order valence-corrected chi connectivity index (χ1v) is 8.95. The summed E-state index contributed by atoms with van der Waals surface area (Å²) in [5.74, 6) is 2.95. The Balaban J connectivity index is 1.72. The lowest BCUT2D eigenvalue weighted by molar-refractivity contribution is 0.658. The molecule has 0 radical (unpaired) electrons. The molecule has 7 heteroatoms. The van der Waals surface area contributed by atoms with Crippen LogP contribution in [0.3, 0.4) is 0 Å². The number of fused-ring (bicyclic) bond motifs is 2. The molecule has 25 heavy (non-hydrogen) atoms. The molecule has 0 saturated carbocycles. The van der Waals surface area contributed by atoms with Crippen LogP contribution < -0.4 is 4.90 Å². The third-order valence-electron chi connectivity index (χ3n) is 4.60. The highest BCUT2D eigenvalue weighted by Gasteiger charge is 2.22. The van der Waals surface area contributed by atoms with Crippen LogP contribution in [-0.2, 0) is 19.4 Å². The molecule has 4 rings (SSSR count). The van der Waals surface area contributed by atoms with Gasteiger partial charge in [0.15, 0.2) is 0 Å². The molecule has 0 unspecified atom stereocenters. The van der Waals surface area contributed by atoms with Crippen molar-refractivity contribution < 1.29 is 0 Å². The van der Waals surface area contributed by atoms with Gasteiger partial charge in [-0.2, -0.15) is 14.6 Å². The molecule has 1 aliphatic heterocycles. The molecule has 130 valence electrons. The van der Waals surface area contributed by atoms with Crippen LogP contribution in [0, 0.1) is 0 Å². The van der Waals surface area contributed by atoms with Crippen molar-refractivity contribution in [3.63, 3.8) is 0 Å². The Bertz CT molecular complexity index is 900. The Morgan fingerprint density at radius 1 is 1.20 bits per heavy atom. The maximum atomic E-state index is 4.80. The zero-order valence-electron chi connectivity index (χ0n) is 15.0. The van der Waals surface area contributed by atoms with E-state index < -0.39 is 0 Å². The fraction of sp³-hybridized carbons (Fsp3) is 0.500. The lowest BCUT2D eigenvalue weighted by Crippen LogP contribution is -2.33. The number of nitrogens with zero attached hydrogens (tertiary/aromatic N) is 7. The molecule has 1 aliphatic rings. The molecule has 0 aromatic carbocycles. The van der Waals surface area contributed by atoms with Crippen LogP contribution in [-0.4, -0.2) is 36.1 Å². The normalized spacial score (nSPS) is 14.3. The summed E-state index contributed by atoms with van der Waals surface area (Å²) in [4.78, 5) is 20.5. The minimum atomic E-state index is 0.333. The van der Waals surface area contributed by atoms with Crippen LogP contribution in [0.5, 0.6) is 0 Å². The first kappa shape index (κ1) is 15.9. The largest absolute Gasteiger partial charge is 0.350 e. The number of anilines is 1. The third-order valence-corrected chi connectivity index (χ3v) is 4.60. The molecule has 7 nitrogen and oxygen atoms in total. The zero-order valence-corrected chi connectivity index (χ0v) is 15.0. The topological polar surface area (TPSA) is 72.1 Å². The number of aromatic nitrogens is 6. The summed E-state index contributed by atoms with van der Waals surface area (Å²) < 4.78 is 1.83. The van der Waals surface area contributed by atoms with Gasteiger partial charge in [-0.15, -0.1) is 0 Å². The van der Waals surface area contributed by atoms with Crippen molar-refractivity contribution in [3.05, 3.63) is 41.4 Å². The highest BCUT2D eigenvalue weighted by atomic mass is 15.4. The zero-order chi connectivity index (χ0) is 17.4. The molecule has 0 spiro atoms. The van der Waals surface area contributed by atoms with E-state index in [9.17, 15) is 0 Å². The predicted molar refractivity (Wildman–Crippen MR) is 95.7 cm³/mol. The van der Waals surface area contributed by atoms with Crippen LogP contribution in [0.1, 0.15) is 55.9 Å². The van der Waals surface area contributed by atoms with E-state index in [4.69, 9.17) is 4.98 Å². The van der Waals surface area contributed by atoms with Gasteiger partial charge in [-0.05, 0) is 18.4 Å². The molecule has 0 amide bonds.